The first-order valence-electron chi connectivity index (χ1n) is 13.1. The molecule has 0 saturated carbocycles. The Hall–Kier alpha value is -4.76. The molecule has 1 fully saturated rings. The first kappa shape index (κ1) is 26.8. The van der Waals surface area contributed by atoms with Crippen LogP contribution < -0.4 is 25.0 Å². The Bertz CT molecular complexity index is 1490. The summed E-state index contributed by atoms with van der Waals surface area (Å²) >= 11 is 0. The van der Waals surface area contributed by atoms with Gasteiger partial charge in [-0.25, -0.2) is 0 Å². The van der Waals surface area contributed by atoms with Crippen molar-refractivity contribution in [1.82, 2.24) is 9.88 Å². The molecule has 2 N–H and O–H groups in total. The minimum atomic E-state index is -0.298. The van der Waals surface area contributed by atoms with Gasteiger partial charge in [-0.3, -0.25) is 4.79 Å². The van der Waals surface area contributed by atoms with Gasteiger partial charge in [-0.1, -0.05) is 12.6 Å². The van der Waals surface area contributed by atoms with Crippen molar-refractivity contribution in [2.45, 2.75) is 6.92 Å². The van der Waals surface area contributed by atoms with Gasteiger partial charge in [0.1, 0.15) is 23.1 Å². The molecule has 1 saturated heterocycles. The van der Waals surface area contributed by atoms with Gasteiger partial charge >= 0.3 is 0 Å². The summed E-state index contributed by atoms with van der Waals surface area (Å²) in [5, 5.41) is 6.18. The normalized spacial score (nSPS) is 13.5. The van der Waals surface area contributed by atoms with E-state index in [1.807, 2.05) is 55.5 Å². The van der Waals surface area contributed by atoms with Crippen molar-refractivity contribution < 1.29 is 18.7 Å². The van der Waals surface area contributed by atoms with E-state index in [9.17, 15) is 4.79 Å². The van der Waals surface area contributed by atoms with E-state index in [0.717, 1.165) is 48.9 Å². The Morgan fingerprint density at radius 2 is 1.88 bits per heavy atom. The summed E-state index contributed by atoms with van der Waals surface area (Å²) in [6.07, 6.45) is 2.83. The Balaban J connectivity index is 1.43. The van der Waals surface area contributed by atoms with E-state index in [4.69, 9.17) is 18.9 Å². The number of hydrogen-bond donors (Lipinski definition) is 2. The number of methoxy groups -OCH3 is 1. The highest BCUT2D eigenvalue weighted by Gasteiger charge is 2.18. The average molecular weight is 540 g/mol. The molecular formula is C31H33N5O4. The van der Waals surface area contributed by atoms with Crippen LogP contribution in [0.3, 0.4) is 0 Å². The summed E-state index contributed by atoms with van der Waals surface area (Å²) in [5.74, 6) is 2.47. The number of amides is 1. The number of anilines is 4. The number of carbonyl (C=O) groups is 1. The van der Waals surface area contributed by atoms with Crippen LogP contribution in [0.4, 0.5) is 22.9 Å². The molecule has 1 aliphatic heterocycles. The van der Waals surface area contributed by atoms with Crippen molar-refractivity contribution >= 4 is 28.8 Å². The maximum atomic E-state index is 11.9. The standard InChI is InChI=1S/C31H33N5O4/c1-5-30(37)33-26-20-23(10-8-21(26)2)40-31-24(27-7-6-18-39-27)11-13-29(34-31)32-25-12-9-22(19-28(25)38-4)36-16-14-35(3)15-17-36/h5-13,18-20H,1,14-17H2,2-4H3,(H,32,34)(H,33,37). The molecular weight excluding hydrogens is 506 g/mol. The first-order valence-corrected chi connectivity index (χ1v) is 13.1. The van der Waals surface area contributed by atoms with Crippen LogP contribution in [-0.4, -0.2) is 56.1 Å². The summed E-state index contributed by atoms with van der Waals surface area (Å²) in [5.41, 5.74) is 4.12. The lowest BCUT2D eigenvalue weighted by Crippen LogP contribution is -2.44. The number of aryl methyl sites for hydroxylation is 1. The zero-order valence-corrected chi connectivity index (χ0v) is 22.9. The molecule has 1 amide bonds. The minimum Gasteiger partial charge on any atom is -0.494 e. The summed E-state index contributed by atoms with van der Waals surface area (Å²) in [7, 11) is 3.81. The zero-order valence-electron chi connectivity index (χ0n) is 22.9. The van der Waals surface area contributed by atoms with Gasteiger partial charge in [-0.05, 0) is 68.1 Å². The van der Waals surface area contributed by atoms with Crippen molar-refractivity contribution in [2.24, 2.45) is 0 Å². The number of piperazine rings is 1. The molecule has 0 aliphatic carbocycles. The molecule has 206 valence electrons. The van der Waals surface area contributed by atoms with Crippen molar-refractivity contribution in [1.29, 1.82) is 0 Å². The van der Waals surface area contributed by atoms with Crippen molar-refractivity contribution in [3.8, 4) is 28.7 Å². The van der Waals surface area contributed by atoms with Crippen LogP contribution in [0.2, 0.25) is 0 Å². The van der Waals surface area contributed by atoms with Crippen LogP contribution in [0.15, 0.2) is 84.0 Å². The number of aromatic nitrogens is 1. The second-order valence-electron chi connectivity index (χ2n) is 9.60. The third kappa shape index (κ3) is 6.10. The summed E-state index contributed by atoms with van der Waals surface area (Å²) in [4.78, 5) is 21.4. The number of pyridine rings is 1. The lowest BCUT2D eigenvalue weighted by molar-refractivity contribution is -0.111. The maximum Gasteiger partial charge on any atom is 0.247 e. The summed E-state index contributed by atoms with van der Waals surface area (Å²) in [6, 6.07) is 19.0. The molecule has 1 aliphatic rings. The third-order valence-corrected chi connectivity index (χ3v) is 6.83. The van der Waals surface area contributed by atoms with Gasteiger partial charge in [-0.2, -0.15) is 4.98 Å². The number of furan rings is 1. The van der Waals surface area contributed by atoms with E-state index in [1.54, 1.807) is 19.4 Å². The molecule has 9 nitrogen and oxygen atoms in total. The monoisotopic (exact) mass is 539 g/mol. The number of nitrogens with one attached hydrogen (secondary N) is 2. The molecule has 5 rings (SSSR count). The van der Waals surface area contributed by atoms with Gasteiger partial charge in [-0.15, -0.1) is 0 Å². The van der Waals surface area contributed by atoms with Crippen LogP contribution in [0.5, 0.6) is 17.4 Å². The molecule has 3 heterocycles. The quantitative estimate of drug-likeness (QED) is 0.248. The van der Waals surface area contributed by atoms with Crippen LogP contribution >= 0.6 is 0 Å². The topological polar surface area (TPSA) is 92.1 Å². The fraction of sp³-hybridized carbons (Fsp3) is 0.226. The number of nitrogens with zero attached hydrogens (tertiary/aromatic N) is 3. The van der Waals surface area contributed by atoms with Crippen LogP contribution in [0.1, 0.15) is 5.56 Å². The Morgan fingerprint density at radius 1 is 1.05 bits per heavy atom. The smallest absolute Gasteiger partial charge is 0.247 e. The Labute approximate surface area is 234 Å². The molecule has 2 aromatic heterocycles. The van der Waals surface area contributed by atoms with Gasteiger partial charge in [0.25, 0.3) is 0 Å². The molecule has 2 aromatic carbocycles. The SMILES string of the molecule is C=CC(=O)Nc1cc(Oc2nc(Nc3ccc(N4CCN(C)CC4)cc3OC)ccc2-c2ccco2)ccc1C. The fourth-order valence-corrected chi connectivity index (χ4v) is 4.48. The second-order valence-corrected chi connectivity index (χ2v) is 9.60. The van der Waals surface area contributed by atoms with Crippen molar-refractivity contribution in [3.05, 3.63) is 85.1 Å². The number of rotatable bonds is 9. The van der Waals surface area contributed by atoms with Crippen molar-refractivity contribution in [3.63, 3.8) is 0 Å². The number of likely N-dealkylation sites (N-methyl/N-ethyl adjacent to an activating group) is 1. The van der Waals surface area contributed by atoms with E-state index < -0.39 is 0 Å². The second kappa shape index (κ2) is 12.0. The van der Waals surface area contributed by atoms with Crippen LogP contribution in [-0.2, 0) is 4.79 Å². The van der Waals surface area contributed by atoms with Gasteiger partial charge in [0, 0.05) is 49.7 Å². The highest BCUT2D eigenvalue weighted by Crippen LogP contribution is 2.37. The van der Waals surface area contributed by atoms with Crippen LogP contribution in [0.25, 0.3) is 11.3 Å². The van der Waals surface area contributed by atoms with Gasteiger partial charge in [0.15, 0.2) is 0 Å². The molecule has 0 spiro atoms. The zero-order chi connectivity index (χ0) is 28.1. The highest BCUT2D eigenvalue weighted by atomic mass is 16.5. The predicted octanol–water partition coefficient (Wildman–Crippen LogP) is 6.07. The molecule has 0 unspecified atom stereocenters. The fourth-order valence-electron chi connectivity index (χ4n) is 4.48. The molecule has 40 heavy (non-hydrogen) atoms. The van der Waals surface area contributed by atoms with E-state index in [0.29, 0.717) is 34.5 Å². The molecule has 0 atom stereocenters. The predicted molar refractivity (Wildman–Crippen MR) is 158 cm³/mol. The average Bonchev–Trinajstić information content (AvgIpc) is 3.50. The number of benzene rings is 2. The Morgan fingerprint density at radius 3 is 2.60 bits per heavy atom. The number of ether oxygens (including phenoxy) is 2. The van der Waals surface area contributed by atoms with Gasteiger partial charge in [0.05, 0.1) is 24.6 Å². The van der Waals surface area contributed by atoms with Crippen LogP contribution in [0, 0.1) is 6.92 Å². The minimum absolute atomic E-state index is 0.298. The molecule has 0 radical (unpaired) electrons. The highest BCUT2D eigenvalue weighted by molar-refractivity contribution is 5.99. The summed E-state index contributed by atoms with van der Waals surface area (Å²) in [6.45, 7) is 9.43. The Kier molecular flexibility index (Phi) is 8.02. The first-order chi connectivity index (χ1) is 19.4. The van der Waals surface area contributed by atoms with E-state index in [-0.39, 0.29) is 5.91 Å². The number of carbonyl (C=O) groups excluding carboxylic acids is 1. The largest absolute Gasteiger partial charge is 0.494 e. The van der Waals surface area contributed by atoms with Gasteiger partial charge < -0.3 is 34.3 Å². The van der Waals surface area contributed by atoms with E-state index in [1.165, 1.54) is 6.08 Å². The summed E-state index contributed by atoms with van der Waals surface area (Å²) < 4.78 is 17.6. The third-order valence-electron chi connectivity index (χ3n) is 6.83. The van der Waals surface area contributed by atoms with Crippen molar-refractivity contribution in [2.75, 3.05) is 55.9 Å². The van der Waals surface area contributed by atoms with E-state index >= 15 is 0 Å². The molecule has 9 heteroatoms. The number of hydrogen-bond acceptors (Lipinski definition) is 8. The lowest BCUT2D eigenvalue weighted by Gasteiger charge is -2.34. The lowest BCUT2D eigenvalue weighted by atomic mass is 10.2. The molecule has 0 bridgehead atoms. The van der Waals surface area contributed by atoms with E-state index in [2.05, 4.69) is 40.1 Å². The van der Waals surface area contributed by atoms with Gasteiger partial charge in [0.2, 0.25) is 11.8 Å². The maximum absolute atomic E-state index is 11.9. The molecule has 4 aromatic rings.